The van der Waals surface area contributed by atoms with Gasteiger partial charge in [0.05, 0.1) is 25.7 Å². The highest BCUT2D eigenvalue weighted by Gasteiger charge is 2.57. The Hall–Kier alpha value is -2.41. The van der Waals surface area contributed by atoms with E-state index in [1.165, 1.54) is 12.0 Å². The molecule has 7 nitrogen and oxygen atoms in total. The number of methoxy groups -OCH3 is 2. The first-order valence-electron chi connectivity index (χ1n) is 11.8. The lowest BCUT2D eigenvalue weighted by Crippen LogP contribution is -2.45. The predicted octanol–water partition coefficient (Wildman–Crippen LogP) is 3.16. The Kier molecular flexibility index (Phi) is 6.06. The smallest absolute Gasteiger partial charge is 0.241 e. The van der Waals surface area contributed by atoms with Crippen molar-refractivity contribution >= 4 is 17.7 Å². The normalized spacial score (nSPS) is 30.8. The van der Waals surface area contributed by atoms with E-state index in [1.807, 2.05) is 23.1 Å². The van der Waals surface area contributed by atoms with Gasteiger partial charge >= 0.3 is 0 Å². The van der Waals surface area contributed by atoms with Gasteiger partial charge in [0.1, 0.15) is 5.75 Å². The molecular weight excluding hydrogens is 420 g/mol. The van der Waals surface area contributed by atoms with Gasteiger partial charge in [-0.05, 0) is 36.2 Å². The van der Waals surface area contributed by atoms with Crippen LogP contribution in [0.25, 0.3) is 0 Å². The first-order chi connectivity index (χ1) is 15.5. The Morgan fingerprint density at radius 2 is 1.85 bits per heavy atom. The van der Waals surface area contributed by atoms with Gasteiger partial charge in [-0.1, -0.05) is 39.0 Å². The molecule has 2 heterocycles. The van der Waals surface area contributed by atoms with Gasteiger partial charge in [-0.15, -0.1) is 0 Å². The van der Waals surface area contributed by atoms with Gasteiger partial charge in [0.25, 0.3) is 0 Å². The van der Waals surface area contributed by atoms with Gasteiger partial charge in [0, 0.05) is 38.1 Å². The lowest BCUT2D eigenvalue weighted by Gasteiger charge is -2.39. The Balaban J connectivity index is 1.69. The van der Waals surface area contributed by atoms with E-state index >= 15 is 0 Å². The van der Waals surface area contributed by atoms with E-state index in [9.17, 15) is 14.4 Å². The Labute approximate surface area is 196 Å². The summed E-state index contributed by atoms with van der Waals surface area (Å²) in [5.41, 5.74) is -0.377. The van der Waals surface area contributed by atoms with Crippen LogP contribution in [0.1, 0.15) is 58.4 Å². The summed E-state index contributed by atoms with van der Waals surface area (Å²) in [5.74, 6) is -0.143. The number of amides is 3. The molecule has 1 aromatic carbocycles. The first kappa shape index (κ1) is 23.7. The maximum atomic E-state index is 13.8. The molecule has 3 fully saturated rings. The second-order valence-corrected chi connectivity index (χ2v) is 11.2. The van der Waals surface area contributed by atoms with Crippen LogP contribution in [0.5, 0.6) is 5.75 Å². The number of hydrogen-bond acceptors (Lipinski definition) is 5. The second kappa shape index (κ2) is 8.42. The number of para-hydroxylation sites is 1. The zero-order chi connectivity index (χ0) is 24.0. The summed E-state index contributed by atoms with van der Waals surface area (Å²) in [6.45, 7) is 7.95. The molecule has 0 aromatic heterocycles. The van der Waals surface area contributed by atoms with Crippen LogP contribution < -0.4 is 4.74 Å². The molecule has 3 aliphatic rings. The molecule has 3 amide bonds. The van der Waals surface area contributed by atoms with Gasteiger partial charge in [-0.3, -0.25) is 19.3 Å². The maximum absolute atomic E-state index is 13.8. The number of carbonyl (C=O) groups excluding carboxylic acids is 3. The molecule has 180 valence electrons. The van der Waals surface area contributed by atoms with Crippen molar-refractivity contribution in [1.82, 2.24) is 9.80 Å². The highest BCUT2D eigenvalue weighted by Crippen LogP contribution is 2.53. The van der Waals surface area contributed by atoms with Crippen LogP contribution in [-0.2, 0) is 24.5 Å². The second-order valence-electron chi connectivity index (χ2n) is 11.2. The van der Waals surface area contributed by atoms with Crippen LogP contribution in [0.15, 0.2) is 24.3 Å². The minimum atomic E-state index is -1.26. The summed E-state index contributed by atoms with van der Waals surface area (Å²) in [4.78, 5) is 43.8. The quantitative estimate of drug-likeness (QED) is 0.589. The highest BCUT2D eigenvalue weighted by molar-refractivity contribution is 6.11. The number of likely N-dealkylation sites (tertiary alicyclic amines) is 2. The highest BCUT2D eigenvalue weighted by atomic mass is 16.5. The SMILES string of the molecule is COCCN1C(=O)CC(CC(=O)N2CC3(C)CC2CC(C)(C)C3)(c2ccccc2OC)C1=O. The van der Waals surface area contributed by atoms with Crippen LogP contribution in [0, 0.1) is 10.8 Å². The first-order valence-corrected chi connectivity index (χ1v) is 11.8. The van der Waals surface area contributed by atoms with Crippen molar-refractivity contribution in [3.63, 3.8) is 0 Å². The zero-order valence-electron chi connectivity index (χ0n) is 20.5. The van der Waals surface area contributed by atoms with Gasteiger partial charge in [0.15, 0.2) is 0 Å². The fourth-order valence-corrected chi connectivity index (χ4v) is 6.80. The molecule has 2 aliphatic heterocycles. The number of benzene rings is 1. The number of rotatable bonds is 7. The molecular formula is C26H36N2O5. The predicted molar refractivity (Wildman–Crippen MR) is 124 cm³/mol. The van der Waals surface area contributed by atoms with Crippen molar-refractivity contribution in [2.24, 2.45) is 10.8 Å². The van der Waals surface area contributed by atoms with Crippen molar-refractivity contribution < 1.29 is 23.9 Å². The summed E-state index contributed by atoms with van der Waals surface area (Å²) in [6, 6.07) is 7.42. The zero-order valence-corrected chi connectivity index (χ0v) is 20.5. The van der Waals surface area contributed by atoms with Crippen LogP contribution >= 0.6 is 0 Å². The molecule has 2 saturated heterocycles. The minimum Gasteiger partial charge on any atom is -0.496 e. The van der Waals surface area contributed by atoms with Crippen LogP contribution in [-0.4, -0.2) is 67.5 Å². The molecule has 4 rings (SSSR count). The number of imide groups is 1. The third-order valence-corrected chi connectivity index (χ3v) is 7.74. The van der Waals surface area contributed by atoms with Crippen molar-refractivity contribution in [3.05, 3.63) is 29.8 Å². The van der Waals surface area contributed by atoms with Gasteiger partial charge < -0.3 is 14.4 Å². The Morgan fingerprint density at radius 1 is 1.12 bits per heavy atom. The summed E-state index contributed by atoms with van der Waals surface area (Å²) in [5, 5.41) is 0. The van der Waals surface area contributed by atoms with Crippen molar-refractivity contribution in [3.8, 4) is 5.75 Å². The lowest BCUT2D eigenvalue weighted by atomic mass is 9.65. The molecule has 3 atom stereocenters. The number of ether oxygens (including phenoxy) is 2. The third-order valence-electron chi connectivity index (χ3n) is 7.74. The number of fused-ring (bicyclic) bond motifs is 2. The molecule has 7 heteroatoms. The van der Waals surface area contributed by atoms with E-state index in [2.05, 4.69) is 20.8 Å². The van der Waals surface area contributed by atoms with Gasteiger partial charge in [0.2, 0.25) is 17.7 Å². The molecule has 1 aromatic rings. The molecule has 1 aliphatic carbocycles. The molecule has 1 saturated carbocycles. The average molecular weight is 457 g/mol. The number of carbonyl (C=O) groups is 3. The van der Waals surface area contributed by atoms with Gasteiger partial charge in [-0.25, -0.2) is 0 Å². The van der Waals surface area contributed by atoms with Crippen LogP contribution in [0.4, 0.5) is 0 Å². The lowest BCUT2D eigenvalue weighted by molar-refractivity contribution is -0.143. The van der Waals surface area contributed by atoms with E-state index in [4.69, 9.17) is 9.47 Å². The van der Waals surface area contributed by atoms with Crippen LogP contribution in [0.3, 0.4) is 0 Å². The van der Waals surface area contributed by atoms with E-state index in [-0.39, 0.29) is 60.6 Å². The van der Waals surface area contributed by atoms with Crippen molar-refractivity contribution in [1.29, 1.82) is 0 Å². The van der Waals surface area contributed by atoms with Gasteiger partial charge in [-0.2, -0.15) is 0 Å². The summed E-state index contributed by atoms with van der Waals surface area (Å²) < 4.78 is 10.7. The fourth-order valence-electron chi connectivity index (χ4n) is 6.80. The molecule has 2 bridgehead atoms. The molecule has 0 N–H and O–H groups in total. The van der Waals surface area contributed by atoms with Crippen molar-refractivity contribution in [2.45, 2.75) is 64.3 Å². The largest absolute Gasteiger partial charge is 0.496 e. The maximum Gasteiger partial charge on any atom is 0.241 e. The van der Waals surface area contributed by atoms with E-state index in [0.29, 0.717) is 17.9 Å². The topological polar surface area (TPSA) is 76.2 Å². The van der Waals surface area contributed by atoms with Crippen molar-refractivity contribution in [2.75, 3.05) is 33.9 Å². The van der Waals surface area contributed by atoms with E-state index < -0.39 is 5.41 Å². The molecule has 33 heavy (non-hydrogen) atoms. The van der Waals surface area contributed by atoms with E-state index in [0.717, 1.165) is 19.3 Å². The van der Waals surface area contributed by atoms with E-state index in [1.54, 1.807) is 13.2 Å². The molecule has 0 radical (unpaired) electrons. The summed E-state index contributed by atoms with van der Waals surface area (Å²) in [6.07, 6.45) is 2.97. The summed E-state index contributed by atoms with van der Waals surface area (Å²) >= 11 is 0. The number of hydrogen-bond donors (Lipinski definition) is 0. The van der Waals surface area contributed by atoms with Crippen LogP contribution in [0.2, 0.25) is 0 Å². The Bertz CT molecular complexity index is 960. The standard InChI is InChI=1S/C26H36N2O5/c1-24(2)12-18-13-25(3,16-24)17-28(18)22(30)15-26(19-8-6-7-9-20(19)33-5)14-21(29)27(23(26)31)10-11-32-4/h6-9,18H,10-17H2,1-5H3. The summed E-state index contributed by atoms with van der Waals surface area (Å²) in [7, 11) is 3.08. The molecule has 3 unspecified atom stereocenters. The number of nitrogens with zero attached hydrogens (tertiary/aromatic N) is 2. The average Bonchev–Trinajstić information content (AvgIpc) is 3.14. The fraction of sp³-hybridized carbons (Fsp3) is 0.654. The monoisotopic (exact) mass is 456 g/mol. The Morgan fingerprint density at radius 3 is 2.55 bits per heavy atom. The molecule has 0 spiro atoms. The third kappa shape index (κ3) is 4.16. The minimum absolute atomic E-state index is 0.0333.